The fraction of sp³-hybridized carbons (Fsp3) is 0.773. The summed E-state index contributed by atoms with van der Waals surface area (Å²) in [5, 5.41) is 6.55. The molecule has 0 saturated carbocycles. The highest BCUT2D eigenvalue weighted by Gasteiger charge is 2.39. The molecule has 0 aromatic heterocycles. The van der Waals surface area contributed by atoms with Crippen LogP contribution in [-0.2, 0) is 14.3 Å². The van der Waals surface area contributed by atoms with Gasteiger partial charge < -0.3 is 15.0 Å². The number of likely N-dealkylation sites (N-methyl/N-ethyl adjacent to an activating group) is 1. The number of ether oxygens (including phenoxy) is 1. The minimum Gasteiger partial charge on any atom is -0.445 e. The summed E-state index contributed by atoms with van der Waals surface area (Å²) in [5.74, 6) is -0.119. The van der Waals surface area contributed by atoms with Gasteiger partial charge in [0.1, 0.15) is 6.61 Å². The predicted octanol–water partition coefficient (Wildman–Crippen LogP) is 2.92. The molecule has 0 spiro atoms. The molecule has 0 saturated heterocycles. The summed E-state index contributed by atoms with van der Waals surface area (Å²) in [4.78, 5) is 39.8. The predicted molar refractivity (Wildman–Crippen MR) is 136 cm³/mol. The van der Waals surface area contributed by atoms with E-state index < -0.39 is 17.2 Å². The largest absolute Gasteiger partial charge is 0.445 e. The number of hydrogen-bond donors (Lipinski definition) is 2. The number of rotatable bonds is 4. The molecule has 1 heterocycles. The van der Waals surface area contributed by atoms with Crippen molar-refractivity contribution in [1.29, 1.82) is 0 Å². The van der Waals surface area contributed by atoms with E-state index in [1.807, 2.05) is 46.8 Å². The zero-order valence-electron chi connectivity index (χ0n) is 20.1. The second kappa shape index (κ2) is 14.2. The van der Waals surface area contributed by atoms with Crippen LogP contribution < -0.4 is 10.6 Å². The maximum atomic E-state index is 13.2. The van der Waals surface area contributed by atoms with Crippen LogP contribution in [0.15, 0.2) is 12.2 Å². The molecule has 0 fully saturated rings. The van der Waals surface area contributed by atoms with E-state index in [1.165, 1.54) is 4.90 Å². The van der Waals surface area contributed by atoms with Crippen molar-refractivity contribution in [3.8, 4) is 0 Å². The number of cyclic esters (lactones) is 1. The second-order valence-corrected chi connectivity index (χ2v) is 9.06. The Bertz CT molecular complexity index is 628. The average molecular weight is 478 g/mol. The molecule has 1 aliphatic heterocycles. The molecule has 1 aliphatic rings. The third-order valence-electron chi connectivity index (χ3n) is 5.31. The molecular weight excluding hydrogens is 434 g/mol. The molecule has 182 valence electrons. The summed E-state index contributed by atoms with van der Waals surface area (Å²) in [7, 11) is 1.62. The number of carbonyl (C=O) groups is 3. The maximum absolute atomic E-state index is 13.2. The van der Waals surface area contributed by atoms with Crippen molar-refractivity contribution < 1.29 is 19.1 Å². The van der Waals surface area contributed by atoms with Gasteiger partial charge in [-0.2, -0.15) is 27.0 Å². The third-order valence-corrected chi connectivity index (χ3v) is 5.31. The molecule has 0 unspecified atom stereocenters. The summed E-state index contributed by atoms with van der Waals surface area (Å²) in [5.41, 5.74) is -1.73. The Morgan fingerprint density at radius 2 is 1.77 bits per heavy atom. The van der Waals surface area contributed by atoms with Crippen LogP contribution in [0.5, 0.6) is 0 Å². The van der Waals surface area contributed by atoms with Gasteiger partial charge in [-0.05, 0) is 47.0 Å². The van der Waals surface area contributed by atoms with Crippen LogP contribution in [0.3, 0.4) is 0 Å². The lowest BCUT2D eigenvalue weighted by atomic mass is 9.83. The normalized spacial score (nSPS) is 26.4. The number of amides is 1. The Labute approximate surface area is 202 Å². The van der Waals surface area contributed by atoms with Gasteiger partial charge in [-0.15, -0.1) is 0 Å². The molecule has 9 heteroatoms. The summed E-state index contributed by atoms with van der Waals surface area (Å²) in [6, 6.07) is 0.0436. The summed E-state index contributed by atoms with van der Waals surface area (Å²) in [6.45, 7) is 11.8. The lowest BCUT2D eigenvalue weighted by Crippen LogP contribution is -2.63. The van der Waals surface area contributed by atoms with Crippen molar-refractivity contribution in [3.05, 3.63) is 12.2 Å². The Balaban J connectivity index is 0. The Morgan fingerprint density at radius 1 is 1.16 bits per heavy atom. The lowest BCUT2D eigenvalue weighted by Gasteiger charge is -2.37. The van der Waals surface area contributed by atoms with Gasteiger partial charge >= 0.3 is 6.09 Å². The number of hydrogen-bond acceptors (Lipinski definition) is 6. The average Bonchev–Trinajstić information content (AvgIpc) is 2.62. The number of carbonyl (C=O) groups excluding carboxylic acids is 3. The van der Waals surface area contributed by atoms with Gasteiger partial charge in [0.05, 0.1) is 17.6 Å². The molecule has 2 atom stereocenters. The highest BCUT2D eigenvalue weighted by molar-refractivity contribution is 7.59. The smallest absolute Gasteiger partial charge is 0.409 e. The zero-order valence-corrected chi connectivity index (χ0v) is 22.1. The SMILES string of the molecule is CC(C)N[C@@]1(C)CN(C)C(=O)OCC=CCCC[C@@](C)(C(=O)C(C)C)NCC1=O.S.S. The quantitative estimate of drug-likeness (QED) is 0.606. The first kappa shape index (κ1) is 32.2. The number of allylic oxidation sites excluding steroid dienone is 1. The van der Waals surface area contributed by atoms with Crippen molar-refractivity contribution >= 4 is 44.7 Å². The van der Waals surface area contributed by atoms with Crippen molar-refractivity contribution in [2.45, 2.75) is 77.9 Å². The number of ketones is 2. The van der Waals surface area contributed by atoms with Gasteiger partial charge in [0.25, 0.3) is 0 Å². The number of nitrogens with zero attached hydrogens (tertiary/aromatic N) is 1. The fourth-order valence-corrected chi connectivity index (χ4v) is 3.79. The topological polar surface area (TPSA) is 87.7 Å². The molecule has 0 aromatic carbocycles. The van der Waals surface area contributed by atoms with Crippen LogP contribution in [0.2, 0.25) is 0 Å². The van der Waals surface area contributed by atoms with E-state index in [0.29, 0.717) is 6.42 Å². The second-order valence-electron chi connectivity index (χ2n) is 9.06. The monoisotopic (exact) mass is 477 g/mol. The highest BCUT2D eigenvalue weighted by atomic mass is 32.1. The molecule has 2 N–H and O–H groups in total. The van der Waals surface area contributed by atoms with Crippen LogP contribution in [0.4, 0.5) is 4.79 Å². The van der Waals surface area contributed by atoms with E-state index >= 15 is 0 Å². The van der Waals surface area contributed by atoms with Crippen molar-refractivity contribution in [2.24, 2.45) is 5.92 Å². The van der Waals surface area contributed by atoms with Gasteiger partial charge in [0.2, 0.25) is 0 Å². The summed E-state index contributed by atoms with van der Waals surface area (Å²) in [6.07, 6.45) is 5.51. The highest BCUT2D eigenvalue weighted by Crippen LogP contribution is 2.21. The van der Waals surface area contributed by atoms with E-state index in [0.717, 1.165) is 12.8 Å². The number of Topliss-reactive ketones (excluding diaryl/α,β-unsaturated/α-hetero) is 2. The summed E-state index contributed by atoms with van der Waals surface area (Å²) >= 11 is 0. The minimum atomic E-state index is -0.966. The van der Waals surface area contributed by atoms with Crippen LogP contribution in [0.1, 0.15) is 60.8 Å². The van der Waals surface area contributed by atoms with Crippen LogP contribution >= 0.6 is 27.0 Å². The van der Waals surface area contributed by atoms with E-state index in [1.54, 1.807) is 14.0 Å². The van der Waals surface area contributed by atoms with Gasteiger partial charge in [-0.1, -0.05) is 26.0 Å². The lowest BCUT2D eigenvalue weighted by molar-refractivity contribution is -0.129. The van der Waals surface area contributed by atoms with Crippen molar-refractivity contribution in [3.63, 3.8) is 0 Å². The minimum absolute atomic E-state index is 0. The molecule has 1 amide bonds. The molecule has 31 heavy (non-hydrogen) atoms. The molecular formula is C22H43N3O4S2. The summed E-state index contributed by atoms with van der Waals surface area (Å²) < 4.78 is 5.27. The fourth-order valence-electron chi connectivity index (χ4n) is 3.79. The van der Waals surface area contributed by atoms with Crippen LogP contribution in [0.25, 0.3) is 0 Å². The molecule has 0 aromatic rings. The maximum Gasteiger partial charge on any atom is 0.409 e. The van der Waals surface area contributed by atoms with Crippen LogP contribution in [-0.4, -0.2) is 66.4 Å². The Hall–Kier alpha value is -1.03. The molecule has 0 radical (unpaired) electrons. The first-order valence-electron chi connectivity index (χ1n) is 10.5. The first-order chi connectivity index (χ1) is 13.4. The van der Waals surface area contributed by atoms with E-state index in [9.17, 15) is 14.4 Å². The van der Waals surface area contributed by atoms with E-state index in [-0.39, 0.29) is 70.2 Å². The Morgan fingerprint density at radius 3 is 2.32 bits per heavy atom. The molecule has 1 rings (SSSR count). The van der Waals surface area contributed by atoms with Crippen molar-refractivity contribution in [1.82, 2.24) is 15.5 Å². The molecule has 0 aliphatic carbocycles. The molecule has 0 bridgehead atoms. The molecule has 7 nitrogen and oxygen atoms in total. The van der Waals surface area contributed by atoms with Gasteiger partial charge in [-0.25, -0.2) is 4.79 Å². The van der Waals surface area contributed by atoms with Gasteiger partial charge in [0.15, 0.2) is 11.6 Å². The number of nitrogens with one attached hydrogen (secondary N) is 2. The standard InChI is InChI=1S/C22H39N3O4.2H2S/c1-16(2)19(27)21(5)12-10-8-9-11-13-29-20(28)25(7)15-22(6,24-17(3)4)18(26)14-23-21;;/h9,11,16-17,23-24H,8,10,12-15H2,1-7H3;2*1H2/t21-,22-;;/m0../s1. The third kappa shape index (κ3) is 9.97. The van der Waals surface area contributed by atoms with Crippen LogP contribution in [0, 0.1) is 5.92 Å². The van der Waals surface area contributed by atoms with Gasteiger partial charge in [0, 0.05) is 25.6 Å². The Kier molecular flexibility index (Phi) is 14.7. The van der Waals surface area contributed by atoms with Gasteiger partial charge in [-0.3, -0.25) is 14.9 Å². The zero-order chi connectivity index (χ0) is 22.2. The van der Waals surface area contributed by atoms with Crippen molar-refractivity contribution in [2.75, 3.05) is 26.7 Å². The first-order valence-corrected chi connectivity index (χ1v) is 10.5. The van der Waals surface area contributed by atoms with E-state index in [4.69, 9.17) is 4.74 Å². The van der Waals surface area contributed by atoms with E-state index in [2.05, 4.69) is 10.6 Å².